The van der Waals surface area contributed by atoms with E-state index in [1.54, 1.807) is 0 Å². The van der Waals surface area contributed by atoms with Gasteiger partial charge in [0.05, 0.1) is 26.4 Å². The first-order chi connectivity index (χ1) is 21.2. The quantitative estimate of drug-likeness (QED) is 0.103. The summed E-state index contributed by atoms with van der Waals surface area (Å²) in [5.41, 5.74) is 0. The Morgan fingerprint density at radius 2 is 0.778 bits per heavy atom. The molecule has 14 N–H and O–H groups in total. The summed E-state index contributed by atoms with van der Waals surface area (Å²) in [6, 6.07) is 0. The molecule has 0 aromatic heterocycles. The topological polar surface area (TPSA) is 348 Å². The van der Waals surface area contributed by atoms with Crippen LogP contribution in [0, 0.1) is 0 Å². The van der Waals surface area contributed by atoms with Gasteiger partial charge in [-0.05, 0) is 0 Å². The van der Waals surface area contributed by atoms with E-state index in [9.17, 15) is 71.5 Å². The van der Waals surface area contributed by atoms with Crippen molar-refractivity contribution in [2.75, 3.05) is 26.4 Å². The molecule has 0 amide bonds. The lowest BCUT2D eigenvalue weighted by Gasteiger charge is -2.46. The first-order valence-electron chi connectivity index (χ1n) is 14.1. The summed E-state index contributed by atoms with van der Waals surface area (Å²) in [6.45, 7) is -2.95. The van der Waals surface area contributed by atoms with Gasteiger partial charge in [-0.25, -0.2) is 0 Å². The van der Waals surface area contributed by atoms with Crippen molar-refractivity contribution < 1.29 is 105 Å². The molecule has 4 heterocycles. The normalized spacial score (nSPS) is 52.9. The van der Waals surface area contributed by atoms with E-state index in [2.05, 4.69) is 0 Å². The second-order valence-corrected chi connectivity index (χ2v) is 11.2. The average molecular weight is 667 g/mol. The van der Waals surface area contributed by atoms with Crippen molar-refractivity contribution in [1.29, 1.82) is 0 Å². The van der Waals surface area contributed by atoms with Gasteiger partial charge in [0.2, 0.25) is 0 Å². The minimum atomic E-state index is -1.91. The standard InChI is InChI=1S/C24H42O21/c25-1-5-9(27)14(32)18(36)24(43-5)45-20-12(30)6(2-26)42-23(19(20)37)40-4-8-11(29)15(33)17(35)22(44-8)39-3-7-10(28)13(31)16(34)21(38)41-7/h5-38H,1-4H2/t5-,6-,7-,8-,9-,10-,11-,12-,13+,14+,15+,16-,17-,18-,19-,20+,21+,22-,23+,24-/m1/s1. The molecule has 21 nitrogen and oxygen atoms in total. The number of hydrogen-bond acceptors (Lipinski definition) is 21. The Kier molecular flexibility index (Phi) is 12.8. The third-order valence-electron chi connectivity index (χ3n) is 8.17. The van der Waals surface area contributed by atoms with Crippen molar-refractivity contribution in [3.63, 3.8) is 0 Å². The van der Waals surface area contributed by atoms with Gasteiger partial charge in [-0.1, -0.05) is 0 Å². The molecular weight excluding hydrogens is 624 g/mol. The highest BCUT2D eigenvalue weighted by molar-refractivity contribution is 4.95. The van der Waals surface area contributed by atoms with Crippen molar-refractivity contribution in [3.8, 4) is 0 Å². The first kappa shape index (κ1) is 37.0. The summed E-state index contributed by atoms with van der Waals surface area (Å²) in [4.78, 5) is 0. The molecule has 264 valence electrons. The molecule has 0 bridgehead atoms. The molecule has 4 aliphatic heterocycles. The van der Waals surface area contributed by atoms with Gasteiger partial charge in [-0.2, -0.15) is 0 Å². The third kappa shape index (κ3) is 7.75. The Balaban J connectivity index is 1.39. The van der Waals surface area contributed by atoms with Crippen molar-refractivity contribution >= 4 is 0 Å². The van der Waals surface area contributed by atoms with E-state index >= 15 is 0 Å². The molecule has 0 spiro atoms. The van der Waals surface area contributed by atoms with E-state index in [0.29, 0.717) is 0 Å². The Hall–Kier alpha value is -0.840. The van der Waals surface area contributed by atoms with E-state index in [1.807, 2.05) is 0 Å². The molecule has 4 aliphatic rings. The second kappa shape index (κ2) is 15.6. The number of aliphatic hydroxyl groups is 14. The molecular formula is C24H42O21. The summed E-state index contributed by atoms with van der Waals surface area (Å²) in [5.74, 6) is 0. The van der Waals surface area contributed by atoms with Gasteiger partial charge in [0.1, 0.15) is 97.7 Å². The van der Waals surface area contributed by atoms with E-state index in [-0.39, 0.29) is 0 Å². The lowest BCUT2D eigenvalue weighted by atomic mass is 9.96. The molecule has 20 atom stereocenters. The average Bonchev–Trinajstić information content (AvgIpc) is 3.02. The summed E-state index contributed by atoms with van der Waals surface area (Å²) in [5, 5.41) is 141. The zero-order valence-electron chi connectivity index (χ0n) is 23.5. The molecule has 45 heavy (non-hydrogen) atoms. The predicted molar refractivity (Wildman–Crippen MR) is 134 cm³/mol. The van der Waals surface area contributed by atoms with Crippen LogP contribution in [0.5, 0.6) is 0 Å². The Morgan fingerprint density at radius 3 is 1.33 bits per heavy atom. The van der Waals surface area contributed by atoms with Gasteiger partial charge < -0.3 is 105 Å². The molecule has 0 aliphatic carbocycles. The van der Waals surface area contributed by atoms with Crippen molar-refractivity contribution in [2.24, 2.45) is 0 Å². The largest absolute Gasteiger partial charge is 0.394 e. The summed E-state index contributed by atoms with van der Waals surface area (Å²) in [7, 11) is 0. The Bertz CT molecular complexity index is 916. The summed E-state index contributed by atoms with van der Waals surface area (Å²) in [6.07, 6.45) is -34.6. The molecule has 0 aromatic carbocycles. The van der Waals surface area contributed by atoms with Crippen LogP contribution in [0.2, 0.25) is 0 Å². The van der Waals surface area contributed by atoms with E-state index < -0.39 is 149 Å². The molecule has 0 radical (unpaired) electrons. The van der Waals surface area contributed by atoms with E-state index in [0.717, 1.165) is 0 Å². The highest BCUT2D eigenvalue weighted by atomic mass is 16.8. The Morgan fingerprint density at radius 1 is 0.378 bits per heavy atom. The van der Waals surface area contributed by atoms with E-state index in [1.165, 1.54) is 0 Å². The molecule has 0 saturated carbocycles. The third-order valence-corrected chi connectivity index (χ3v) is 8.17. The highest BCUT2D eigenvalue weighted by Crippen LogP contribution is 2.31. The van der Waals surface area contributed by atoms with Crippen LogP contribution in [0.3, 0.4) is 0 Å². The minimum Gasteiger partial charge on any atom is -0.394 e. The molecule has 21 heteroatoms. The first-order valence-corrected chi connectivity index (χ1v) is 14.1. The van der Waals surface area contributed by atoms with E-state index in [4.69, 9.17) is 33.2 Å². The lowest BCUT2D eigenvalue weighted by Crippen LogP contribution is -2.65. The monoisotopic (exact) mass is 666 g/mol. The van der Waals surface area contributed by atoms with Gasteiger partial charge in [0, 0.05) is 0 Å². The van der Waals surface area contributed by atoms with Crippen LogP contribution in [0.15, 0.2) is 0 Å². The van der Waals surface area contributed by atoms with Gasteiger partial charge in [0.25, 0.3) is 0 Å². The highest BCUT2D eigenvalue weighted by Gasteiger charge is 2.52. The van der Waals surface area contributed by atoms with Crippen molar-refractivity contribution in [3.05, 3.63) is 0 Å². The molecule has 4 saturated heterocycles. The lowest BCUT2D eigenvalue weighted by molar-refractivity contribution is -0.366. The van der Waals surface area contributed by atoms with Crippen LogP contribution in [0.4, 0.5) is 0 Å². The smallest absolute Gasteiger partial charge is 0.187 e. The predicted octanol–water partition coefficient (Wildman–Crippen LogP) is -9.75. The number of rotatable bonds is 10. The fourth-order valence-electron chi connectivity index (χ4n) is 5.33. The van der Waals surface area contributed by atoms with Crippen LogP contribution < -0.4 is 0 Å². The van der Waals surface area contributed by atoms with Gasteiger partial charge in [0.15, 0.2) is 25.2 Å². The maximum absolute atomic E-state index is 10.9. The summed E-state index contributed by atoms with van der Waals surface area (Å²) >= 11 is 0. The number of hydrogen-bond donors (Lipinski definition) is 14. The number of ether oxygens (including phenoxy) is 7. The maximum Gasteiger partial charge on any atom is 0.187 e. The zero-order valence-corrected chi connectivity index (χ0v) is 23.5. The maximum atomic E-state index is 10.9. The SMILES string of the molecule is OC[C@H]1O[C@H](O[C@@H]2[C@@H](O)[C@@H](OC[C@H]3O[C@@H](OC[C@H]4O[C@H](O)[C@H](O)[C@@H](O)[C@@H]4O)[C@H](O)[C@@H](O)[C@@H]3O)O[C@H](CO)[C@H]2O)[C@H](O)[C@@H](O)[C@@H]1O. The Labute approximate surface area is 254 Å². The van der Waals surface area contributed by atoms with Crippen molar-refractivity contribution in [2.45, 2.75) is 123 Å². The van der Waals surface area contributed by atoms with Crippen LogP contribution in [-0.4, -0.2) is 221 Å². The molecule has 4 rings (SSSR count). The number of aliphatic hydroxyl groups excluding tert-OH is 14. The van der Waals surface area contributed by atoms with Crippen LogP contribution in [-0.2, 0) is 33.2 Å². The van der Waals surface area contributed by atoms with Crippen LogP contribution >= 0.6 is 0 Å². The molecule has 0 unspecified atom stereocenters. The second-order valence-electron chi connectivity index (χ2n) is 11.2. The van der Waals surface area contributed by atoms with Crippen LogP contribution in [0.1, 0.15) is 0 Å². The fourth-order valence-corrected chi connectivity index (χ4v) is 5.33. The minimum absolute atomic E-state index is 0.641. The molecule has 4 fully saturated rings. The zero-order chi connectivity index (χ0) is 33.3. The van der Waals surface area contributed by atoms with Gasteiger partial charge >= 0.3 is 0 Å². The van der Waals surface area contributed by atoms with Crippen molar-refractivity contribution in [1.82, 2.24) is 0 Å². The van der Waals surface area contributed by atoms with Crippen LogP contribution in [0.25, 0.3) is 0 Å². The molecule has 0 aromatic rings. The van der Waals surface area contributed by atoms with Gasteiger partial charge in [-0.3, -0.25) is 0 Å². The fraction of sp³-hybridized carbons (Fsp3) is 1.00. The summed E-state index contributed by atoms with van der Waals surface area (Å²) < 4.78 is 37.4. The van der Waals surface area contributed by atoms with Gasteiger partial charge in [-0.15, -0.1) is 0 Å².